The summed E-state index contributed by atoms with van der Waals surface area (Å²) in [6, 6.07) is 0. The highest BCUT2D eigenvalue weighted by Gasteiger charge is 2.50. The molecule has 4 atom stereocenters. The van der Waals surface area contributed by atoms with E-state index in [0.29, 0.717) is 18.5 Å². The maximum absolute atomic E-state index is 11.7. The summed E-state index contributed by atoms with van der Waals surface area (Å²) in [6.07, 6.45) is 2.41. The summed E-state index contributed by atoms with van der Waals surface area (Å²) >= 11 is 0. The molecular formula is C20H29N3O8. The molecule has 11 nitrogen and oxygen atoms in total. The number of carbonyl (C=O) groups is 3. The van der Waals surface area contributed by atoms with Gasteiger partial charge in [0.25, 0.3) is 0 Å². The van der Waals surface area contributed by atoms with Crippen LogP contribution in [-0.4, -0.2) is 69.0 Å². The van der Waals surface area contributed by atoms with Crippen LogP contribution in [0.1, 0.15) is 58.6 Å². The Morgan fingerprint density at radius 1 is 1.06 bits per heavy atom. The Bertz CT molecular complexity index is 804. The van der Waals surface area contributed by atoms with Crippen LogP contribution in [0.25, 0.3) is 0 Å². The van der Waals surface area contributed by atoms with Crippen molar-refractivity contribution < 1.29 is 38.4 Å². The number of ether oxygens (including phenoxy) is 4. The van der Waals surface area contributed by atoms with Crippen LogP contribution in [-0.2, 0) is 45.5 Å². The van der Waals surface area contributed by atoms with Gasteiger partial charge in [0.1, 0.15) is 30.1 Å². The average Bonchev–Trinajstić information content (AvgIpc) is 3.27. The molecule has 0 unspecified atom stereocenters. The lowest BCUT2D eigenvalue weighted by Gasteiger charge is -2.29. The maximum atomic E-state index is 11.7. The van der Waals surface area contributed by atoms with Crippen molar-refractivity contribution in [1.82, 2.24) is 15.0 Å². The molecule has 31 heavy (non-hydrogen) atoms. The van der Waals surface area contributed by atoms with Crippen molar-refractivity contribution in [3.8, 4) is 0 Å². The van der Waals surface area contributed by atoms with Crippen LogP contribution in [0.4, 0.5) is 0 Å². The van der Waals surface area contributed by atoms with Crippen molar-refractivity contribution in [1.29, 1.82) is 0 Å². The predicted molar refractivity (Wildman–Crippen MR) is 103 cm³/mol. The van der Waals surface area contributed by atoms with Gasteiger partial charge in [0.2, 0.25) is 0 Å². The van der Waals surface area contributed by atoms with Gasteiger partial charge in [-0.25, -0.2) is 4.68 Å². The van der Waals surface area contributed by atoms with Gasteiger partial charge in [-0.3, -0.25) is 14.4 Å². The first-order valence-corrected chi connectivity index (χ1v) is 10.4. The first-order chi connectivity index (χ1) is 14.7. The number of rotatable bonds is 7. The van der Waals surface area contributed by atoms with Gasteiger partial charge in [-0.15, -0.1) is 5.10 Å². The molecule has 172 valence electrons. The van der Waals surface area contributed by atoms with E-state index in [0.717, 1.165) is 19.3 Å². The second-order valence-corrected chi connectivity index (χ2v) is 8.08. The molecule has 1 aliphatic heterocycles. The maximum Gasteiger partial charge on any atom is 0.303 e. The monoisotopic (exact) mass is 439 g/mol. The standard InChI is InChI=1S/C20H29N3O8/c1-12(24)28-11-16-19(30-14(3)26)18(29-13(2)25)15(31-16)9-23-10-17(21-22-23)20(27)7-5-4-6-8-20/h10,15-16,18-19,27H,4-9,11H2,1-3H3/t15-,16+,18+,19+/m0/s1. The Kier molecular flexibility index (Phi) is 7.26. The van der Waals surface area contributed by atoms with Gasteiger partial charge >= 0.3 is 17.9 Å². The van der Waals surface area contributed by atoms with Gasteiger partial charge in [0, 0.05) is 20.8 Å². The zero-order valence-corrected chi connectivity index (χ0v) is 18.0. The number of aromatic nitrogens is 3. The van der Waals surface area contributed by atoms with Crippen LogP contribution in [0.15, 0.2) is 6.20 Å². The van der Waals surface area contributed by atoms with E-state index in [1.54, 1.807) is 6.20 Å². The molecule has 3 rings (SSSR count). The number of aliphatic hydroxyl groups is 1. The molecule has 0 aromatic carbocycles. The second-order valence-electron chi connectivity index (χ2n) is 8.08. The summed E-state index contributed by atoms with van der Waals surface area (Å²) in [5, 5.41) is 19.1. The highest BCUT2D eigenvalue weighted by atomic mass is 16.6. The molecule has 0 radical (unpaired) electrons. The quantitative estimate of drug-likeness (QED) is 0.475. The molecule has 11 heteroatoms. The van der Waals surface area contributed by atoms with Crippen molar-refractivity contribution in [3.63, 3.8) is 0 Å². The fourth-order valence-electron chi connectivity index (χ4n) is 4.13. The van der Waals surface area contributed by atoms with Crippen molar-refractivity contribution in [3.05, 3.63) is 11.9 Å². The second kappa shape index (κ2) is 9.73. The van der Waals surface area contributed by atoms with Gasteiger partial charge in [0.05, 0.1) is 12.7 Å². The number of nitrogens with zero attached hydrogens (tertiary/aromatic N) is 3. The van der Waals surface area contributed by atoms with Crippen LogP contribution in [0.5, 0.6) is 0 Å². The summed E-state index contributed by atoms with van der Waals surface area (Å²) < 4.78 is 23.2. The zero-order valence-electron chi connectivity index (χ0n) is 18.0. The highest BCUT2D eigenvalue weighted by molar-refractivity contribution is 5.68. The van der Waals surface area contributed by atoms with Gasteiger partial charge in [-0.05, 0) is 12.8 Å². The Hall–Kier alpha value is -2.53. The zero-order chi connectivity index (χ0) is 22.6. The minimum absolute atomic E-state index is 0.134. The summed E-state index contributed by atoms with van der Waals surface area (Å²) in [6.45, 7) is 3.70. The summed E-state index contributed by atoms with van der Waals surface area (Å²) in [4.78, 5) is 34.5. The third-order valence-electron chi connectivity index (χ3n) is 5.52. The fraction of sp³-hybridized carbons (Fsp3) is 0.750. The molecule has 1 aliphatic carbocycles. The van der Waals surface area contributed by atoms with Crippen molar-refractivity contribution in [2.75, 3.05) is 6.61 Å². The van der Waals surface area contributed by atoms with E-state index in [-0.39, 0.29) is 13.2 Å². The van der Waals surface area contributed by atoms with Crippen molar-refractivity contribution in [2.24, 2.45) is 0 Å². The molecule has 2 fully saturated rings. The minimum Gasteiger partial charge on any atom is -0.463 e. The van der Waals surface area contributed by atoms with Crippen molar-refractivity contribution >= 4 is 17.9 Å². The molecule has 0 bridgehead atoms. The lowest BCUT2D eigenvalue weighted by Crippen LogP contribution is -2.42. The number of esters is 3. The molecule has 1 N–H and O–H groups in total. The lowest BCUT2D eigenvalue weighted by molar-refractivity contribution is -0.165. The van der Waals surface area contributed by atoms with E-state index < -0.39 is 47.9 Å². The van der Waals surface area contributed by atoms with E-state index >= 15 is 0 Å². The van der Waals surface area contributed by atoms with Gasteiger partial charge in [-0.1, -0.05) is 24.5 Å². The van der Waals surface area contributed by atoms with Crippen LogP contribution < -0.4 is 0 Å². The Morgan fingerprint density at radius 2 is 1.68 bits per heavy atom. The number of carbonyl (C=O) groups excluding carboxylic acids is 3. The number of hydrogen-bond donors (Lipinski definition) is 1. The van der Waals surface area contributed by atoms with E-state index in [2.05, 4.69) is 10.3 Å². The molecule has 1 saturated heterocycles. The largest absolute Gasteiger partial charge is 0.463 e. The van der Waals surface area contributed by atoms with E-state index in [1.807, 2.05) is 0 Å². The third kappa shape index (κ3) is 5.79. The van der Waals surface area contributed by atoms with Gasteiger partial charge < -0.3 is 24.1 Å². The normalized spacial score (nSPS) is 27.5. The molecule has 2 aliphatic rings. The molecular weight excluding hydrogens is 410 g/mol. The van der Waals surface area contributed by atoms with E-state index in [4.69, 9.17) is 18.9 Å². The van der Waals surface area contributed by atoms with Gasteiger partial charge in [-0.2, -0.15) is 0 Å². The minimum atomic E-state index is -1.000. The summed E-state index contributed by atoms with van der Waals surface area (Å²) in [7, 11) is 0. The molecule has 0 spiro atoms. The third-order valence-corrected chi connectivity index (χ3v) is 5.52. The van der Waals surface area contributed by atoms with Gasteiger partial charge in [0.15, 0.2) is 12.2 Å². The molecule has 2 heterocycles. The van der Waals surface area contributed by atoms with Crippen molar-refractivity contribution in [2.45, 2.75) is 89.4 Å². The number of hydrogen-bond acceptors (Lipinski definition) is 10. The van der Waals surface area contributed by atoms with Crippen LogP contribution in [0.3, 0.4) is 0 Å². The average molecular weight is 439 g/mol. The Balaban J connectivity index is 1.78. The van der Waals surface area contributed by atoms with E-state index in [1.165, 1.54) is 25.5 Å². The van der Waals surface area contributed by atoms with Crippen LogP contribution in [0.2, 0.25) is 0 Å². The first-order valence-electron chi connectivity index (χ1n) is 10.4. The molecule has 1 saturated carbocycles. The molecule has 1 aromatic heterocycles. The fourth-order valence-corrected chi connectivity index (χ4v) is 4.13. The smallest absolute Gasteiger partial charge is 0.303 e. The van der Waals surface area contributed by atoms with E-state index in [9.17, 15) is 19.5 Å². The first kappa shape index (κ1) is 23.1. The van der Waals surface area contributed by atoms with Crippen LogP contribution >= 0.6 is 0 Å². The Labute approximate surface area is 180 Å². The molecule has 0 amide bonds. The highest BCUT2D eigenvalue weighted by Crippen LogP contribution is 2.36. The predicted octanol–water partition coefficient (Wildman–Crippen LogP) is 0.624. The summed E-state index contributed by atoms with van der Waals surface area (Å²) in [5.74, 6) is -1.67. The Morgan fingerprint density at radius 3 is 2.26 bits per heavy atom. The SMILES string of the molecule is CC(=O)OC[C@H]1O[C@@H](Cn2cc(C3(O)CCCCC3)nn2)[C@@H](OC(C)=O)[C@@H]1OC(C)=O. The topological polar surface area (TPSA) is 139 Å². The lowest BCUT2D eigenvalue weighted by atomic mass is 9.83. The summed E-state index contributed by atoms with van der Waals surface area (Å²) in [5.41, 5.74) is -0.511. The van der Waals surface area contributed by atoms with Crippen LogP contribution in [0, 0.1) is 0 Å². The molecule has 1 aromatic rings.